The van der Waals surface area contributed by atoms with Crippen molar-refractivity contribution in [1.29, 1.82) is 0 Å². The highest BCUT2D eigenvalue weighted by molar-refractivity contribution is 6.33. The molecule has 2 aromatic carbocycles. The Bertz CT molecular complexity index is 758. The van der Waals surface area contributed by atoms with Gasteiger partial charge in [-0.3, -0.25) is 9.59 Å². The summed E-state index contributed by atoms with van der Waals surface area (Å²) in [7, 11) is 0. The van der Waals surface area contributed by atoms with Gasteiger partial charge in [0.15, 0.2) is 0 Å². The van der Waals surface area contributed by atoms with Gasteiger partial charge >= 0.3 is 0 Å². The van der Waals surface area contributed by atoms with Crippen LogP contribution in [0.5, 0.6) is 0 Å². The molecular formula is C19H19ClN2O2. The highest BCUT2D eigenvalue weighted by atomic mass is 35.5. The van der Waals surface area contributed by atoms with Crippen molar-refractivity contribution in [2.24, 2.45) is 11.8 Å². The maximum atomic E-state index is 12.2. The minimum atomic E-state index is -0.278. The zero-order chi connectivity index (χ0) is 17.1. The minimum Gasteiger partial charge on any atom is -0.352 e. The largest absolute Gasteiger partial charge is 0.352 e. The Balaban J connectivity index is 1.49. The van der Waals surface area contributed by atoms with Gasteiger partial charge in [-0.1, -0.05) is 53.6 Å². The molecule has 5 heteroatoms. The molecule has 0 saturated heterocycles. The molecule has 2 amide bonds. The highest BCUT2D eigenvalue weighted by Gasteiger charge is 2.47. The Morgan fingerprint density at radius 2 is 1.71 bits per heavy atom. The Morgan fingerprint density at radius 1 is 1.04 bits per heavy atom. The molecule has 3 rings (SSSR count). The van der Waals surface area contributed by atoms with Gasteiger partial charge in [0.2, 0.25) is 11.8 Å². The second-order valence-electron chi connectivity index (χ2n) is 6.12. The number of rotatable bonds is 5. The summed E-state index contributed by atoms with van der Waals surface area (Å²) in [6.07, 6.45) is 0.579. The van der Waals surface area contributed by atoms with Crippen molar-refractivity contribution >= 4 is 29.1 Å². The number of carbonyl (C=O) groups is 2. The third kappa shape index (κ3) is 3.95. The predicted molar refractivity (Wildman–Crippen MR) is 94.7 cm³/mol. The summed E-state index contributed by atoms with van der Waals surface area (Å²) in [6.45, 7) is 2.50. The zero-order valence-electron chi connectivity index (χ0n) is 13.4. The molecule has 1 aliphatic rings. The summed E-state index contributed by atoms with van der Waals surface area (Å²) in [4.78, 5) is 24.4. The van der Waals surface area contributed by atoms with E-state index in [0.717, 1.165) is 5.56 Å². The van der Waals surface area contributed by atoms with Crippen molar-refractivity contribution < 1.29 is 9.59 Å². The number of para-hydroxylation sites is 1. The van der Waals surface area contributed by atoms with E-state index in [-0.39, 0.29) is 23.7 Å². The van der Waals surface area contributed by atoms with E-state index in [9.17, 15) is 9.59 Å². The fourth-order valence-corrected chi connectivity index (χ4v) is 2.77. The van der Waals surface area contributed by atoms with E-state index in [1.807, 2.05) is 31.2 Å². The molecule has 4 nitrogen and oxygen atoms in total. The Kier molecular flexibility index (Phi) is 4.86. The first-order valence-electron chi connectivity index (χ1n) is 7.93. The predicted octanol–water partition coefficient (Wildman–Crippen LogP) is 3.54. The fraction of sp³-hybridized carbons (Fsp3) is 0.263. The Morgan fingerprint density at radius 3 is 2.42 bits per heavy atom. The van der Waals surface area contributed by atoms with Crippen LogP contribution in [0, 0.1) is 18.8 Å². The van der Waals surface area contributed by atoms with Crippen LogP contribution in [0.1, 0.15) is 17.5 Å². The van der Waals surface area contributed by atoms with Crippen LogP contribution in [0.15, 0.2) is 48.5 Å². The van der Waals surface area contributed by atoms with Gasteiger partial charge in [-0.25, -0.2) is 0 Å². The van der Waals surface area contributed by atoms with Gasteiger partial charge in [0, 0.05) is 6.54 Å². The highest BCUT2D eigenvalue weighted by Crippen LogP contribution is 2.40. The van der Waals surface area contributed by atoms with Crippen molar-refractivity contribution in [3.8, 4) is 0 Å². The molecule has 1 aliphatic carbocycles. The lowest BCUT2D eigenvalue weighted by Crippen LogP contribution is -2.27. The molecule has 2 unspecified atom stereocenters. The first-order valence-corrected chi connectivity index (χ1v) is 8.31. The zero-order valence-corrected chi connectivity index (χ0v) is 14.1. The SMILES string of the molecule is Cc1ccc(CNC(=O)C2CC2C(=O)Nc2ccccc2Cl)cc1. The summed E-state index contributed by atoms with van der Waals surface area (Å²) in [5.74, 6) is -0.759. The molecule has 0 heterocycles. The van der Waals surface area contributed by atoms with Crippen LogP contribution < -0.4 is 10.6 Å². The monoisotopic (exact) mass is 342 g/mol. The summed E-state index contributed by atoms with van der Waals surface area (Å²) < 4.78 is 0. The molecule has 1 fully saturated rings. The number of aryl methyl sites for hydroxylation is 1. The third-order valence-electron chi connectivity index (χ3n) is 4.18. The number of carbonyl (C=O) groups excluding carboxylic acids is 2. The molecule has 2 aromatic rings. The molecule has 0 aromatic heterocycles. The van der Waals surface area contributed by atoms with Gasteiger partial charge in [-0.2, -0.15) is 0 Å². The van der Waals surface area contributed by atoms with Gasteiger partial charge in [0.1, 0.15) is 0 Å². The summed E-state index contributed by atoms with van der Waals surface area (Å²) in [5, 5.41) is 6.17. The van der Waals surface area contributed by atoms with Gasteiger partial charge in [-0.05, 0) is 31.0 Å². The standard InChI is InChI=1S/C19H19ClN2O2/c1-12-6-8-13(9-7-12)11-21-18(23)14-10-15(14)19(24)22-17-5-3-2-4-16(17)20/h2-9,14-15H,10-11H2,1H3,(H,21,23)(H,22,24). The minimum absolute atomic E-state index is 0.0742. The number of benzene rings is 2. The second kappa shape index (κ2) is 7.05. The lowest BCUT2D eigenvalue weighted by molar-refractivity contribution is -0.125. The van der Waals surface area contributed by atoms with Crippen LogP contribution in [-0.4, -0.2) is 11.8 Å². The first kappa shape index (κ1) is 16.5. The lowest BCUT2D eigenvalue weighted by atomic mass is 10.1. The molecule has 0 spiro atoms. The smallest absolute Gasteiger partial charge is 0.228 e. The van der Waals surface area contributed by atoms with Crippen LogP contribution in [-0.2, 0) is 16.1 Å². The molecular weight excluding hydrogens is 324 g/mol. The maximum absolute atomic E-state index is 12.2. The van der Waals surface area contributed by atoms with E-state index in [2.05, 4.69) is 10.6 Å². The molecule has 1 saturated carbocycles. The molecule has 2 atom stereocenters. The quantitative estimate of drug-likeness (QED) is 0.873. The fourth-order valence-electron chi connectivity index (χ4n) is 2.59. The molecule has 0 aliphatic heterocycles. The topological polar surface area (TPSA) is 58.2 Å². The van der Waals surface area contributed by atoms with E-state index < -0.39 is 0 Å². The number of anilines is 1. The van der Waals surface area contributed by atoms with Crippen molar-refractivity contribution in [2.75, 3.05) is 5.32 Å². The first-order chi connectivity index (χ1) is 11.5. The van der Waals surface area contributed by atoms with Gasteiger partial charge in [0.25, 0.3) is 0 Å². The molecule has 2 N–H and O–H groups in total. The lowest BCUT2D eigenvalue weighted by Gasteiger charge is -2.07. The van der Waals surface area contributed by atoms with Crippen LogP contribution in [0.3, 0.4) is 0 Å². The van der Waals surface area contributed by atoms with Gasteiger partial charge in [0.05, 0.1) is 22.5 Å². The van der Waals surface area contributed by atoms with Crippen LogP contribution in [0.2, 0.25) is 5.02 Å². The van der Waals surface area contributed by atoms with Crippen molar-refractivity contribution in [1.82, 2.24) is 5.32 Å². The van der Waals surface area contributed by atoms with E-state index in [1.54, 1.807) is 24.3 Å². The van der Waals surface area contributed by atoms with Crippen molar-refractivity contribution in [3.63, 3.8) is 0 Å². The van der Waals surface area contributed by atoms with Crippen LogP contribution in [0.25, 0.3) is 0 Å². The summed E-state index contributed by atoms with van der Waals surface area (Å²) in [6, 6.07) is 15.1. The molecule has 0 bridgehead atoms. The average Bonchev–Trinajstić information content (AvgIpc) is 3.37. The van der Waals surface area contributed by atoms with E-state index in [0.29, 0.717) is 23.7 Å². The van der Waals surface area contributed by atoms with Crippen molar-refractivity contribution in [3.05, 3.63) is 64.7 Å². The number of hydrogen-bond donors (Lipinski definition) is 2. The van der Waals surface area contributed by atoms with Gasteiger partial charge in [-0.15, -0.1) is 0 Å². The second-order valence-corrected chi connectivity index (χ2v) is 6.53. The normalized spacial score (nSPS) is 18.8. The van der Waals surface area contributed by atoms with E-state index >= 15 is 0 Å². The number of hydrogen-bond acceptors (Lipinski definition) is 2. The molecule has 0 radical (unpaired) electrons. The number of nitrogens with one attached hydrogen (secondary N) is 2. The number of amides is 2. The average molecular weight is 343 g/mol. The third-order valence-corrected chi connectivity index (χ3v) is 4.51. The number of halogens is 1. The summed E-state index contributed by atoms with van der Waals surface area (Å²) >= 11 is 6.03. The molecule has 124 valence electrons. The Labute approximate surface area is 146 Å². The molecule has 24 heavy (non-hydrogen) atoms. The van der Waals surface area contributed by atoms with Crippen molar-refractivity contribution in [2.45, 2.75) is 19.9 Å². The summed E-state index contributed by atoms with van der Waals surface area (Å²) in [5.41, 5.74) is 2.81. The van der Waals surface area contributed by atoms with E-state index in [1.165, 1.54) is 5.56 Å². The maximum Gasteiger partial charge on any atom is 0.228 e. The van der Waals surface area contributed by atoms with Crippen LogP contribution in [0.4, 0.5) is 5.69 Å². The van der Waals surface area contributed by atoms with E-state index in [4.69, 9.17) is 11.6 Å². The van der Waals surface area contributed by atoms with Crippen LogP contribution >= 0.6 is 11.6 Å². The Hall–Kier alpha value is -2.33. The van der Waals surface area contributed by atoms with Gasteiger partial charge < -0.3 is 10.6 Å².